The van der Waals surface area contributed by atoms with Crippen LogP contribution in [0.1, 0.15) is 6.92 Å². The highest BCUT2D eigenvalue weighted by atomic mass is 32.2. The van der Waals surface area contributed by atoms with Crippen LogP contribution in [0.25, 0.3) is 16.9 Å². The largest absolute Gasteiger partial charge is 0.497 e. The van der Waals surface area contributed by atoms with E-state index < -0.39 is 11.2 Å². The van der Waals surface area contributed by atoms with Gasteiger partial charge < -0.3 is 9.84 Å². The Bertz CT molecular complexity index is 866. The molecule has 0 saturated carbocycles. The molecule has 1 N–H and O–H groups in total. The fourth-order valence-electron chi connectivity index (χ4n) is 1.95. The van der Waals surface area contributed by atoms with Crippen molar-refractivity contribution < 1.29 is 14.6 Å². The first-order chi connectivity index (χ1) is 11.1. The molecule has 1 unspecified atom stereocenters. The summed E-state index contributed by atoms with van der Waals surface area (Å²) in [5, 5.41) is 17.1. The minimum absolute atomic E-state index is 0.466. The third-order valence-electron chi connectivity index (χ3n) is 3.14. The maximum absolute atomic E-state index is 11.0. The zero-order valence-corrected chi connectivity index (χ0v) is 13.2. The lowest BCUT2D eigenvalue weighted by Crippen LogP contribution is -2.11. The van der Waals surface area contributed by atoms with Gasteiger partial charge >= 0.3 is 5.97 Å². The molecule has 1 atom stereocenters. The topological polar surface area (TPSA) is 103 Å². The summed E-state index contributed by atoms with van der Waals surface area (Å²) in [4.78, 5) is 19.3. The molecule has 0 radical (unpaired) electrons. The first kappa shape index (κ1) is 15.2. The van der Waals surface area contributed by atoms with Crippen LogP contribution in [0.5, 0.6) is 5.75 Å². The minimum atomic E-state index is -0.915. The molecule has 0 bridgehead atoms. The van der Waals surface area contributed by atoms with Gasteiger partial charge in [-0.15, -0.1) is 5.10 Å². The maximum Gasteiger partial charge on any atom is 0.316 e. The van der Waals surface area contributed by atoms with Gasteiger partial charge in [0.1, 0.15) is 22.4 Å². The minimum Gasteiger partial charge on any atom is -0.497 e. The average molecular weight is 331 g/mol. The number of carbonyl (C=O) groups is 1. The number of hydrogen-bond donors (Lipinski definition) is 1. The summed E-state index contributed by atoms with van der Waals surface area (Å²) in [6, 6.07) is 7.33. The molecular formula is C14H13N5O3S. The second-order valence-corrected chi connectivity index (χ2v) is 5.98. The number of aliphatic carboxylic acids is 1. The van der Waals surface area contributed by atoms with E-state index in [0.29, 0.717) is 21.9 Å². The van der Waals surface area contributed by atoms with Crippen molar-refractivity contribution in [1.29, 1.82) is 0 Å². The molecule has 3 aromatic rings. The van der Waals surface area contributed by atoms with Gasteiger partial charge in [0.2, 0.25) is 0 Å². The van der Waals surface area contributed by atoms with Crippen LogP contribution in [0, 0.1) is 0 Å². The molecule has 8 nitrogen and oxygen atoms in total. The van der Waals surface area contributed by atoms with Crippen molar-refractivity contribution in [3.05, 3.63) is 30.6 Å². The highest BCUT2D eigenvalue weighted by Gasteiger charge is 2.19. The molecule has 0 fully saturated rings. The molecule has 2 aromatic heterocycles. The summed E-state index contributed by atoms with van der Waals surface area (Å²) < 4.78 is 6.77. The third-order valence-corrected chi connectivity index (χ3v) is 4.22. The summed E-state index contributed by atoms with van der Waals surface area (Å²) in [5.74, 6) is -0.226. The summed E-state index contributed by atoms with van der Waals surface area (Å²) >= 11 is 1.11. The van der Waals surface area contributed by atoms with E-state index in [2.05, 4.69) is 20.3 Å². The highest BCUT2D eigenvalue weighted by molar-refractivity contribution is 8.00. The van der Waals surface area contributed by atoms with Crippen LogP contribution in [0.4, 0.5) is 0 Å². The van der Waals surface area contributed by atoms with Crippen molar-refractivity contribution in [1.82, 2.24) is 25.0 Å². The molecule has 0 amide bonds. The number of carboxylic acid groups (broad SMARTS) is 1. The van der Waals surface area contributed by atoms with Crippen LogP contribution in [-0.2, 0) is 4.79 Å². The molecule has 0 spiro atoms. The molecule has 0 aliphatic carbocycles. The number of nitrogens with zero attached hydrogens (tertiary/aromatic N) is 5. The summed E-state index contributed by atoms with van der Waals surface area (Å²) in [5.41, 5.74) is 1.72. The maximum atomic E-state index is 11.0. The van der Waals surface area contributed by atoms with Gasteiger partial charge in [0.15, 0.2) is 11.2 Å². The molecular weight excluding hydrogens is 318 g/mol. The number of ether oxygens (including phenoxy) is 1. The average Bonchev–Trinajstić information content (AvgIpc) is 3.00. The first-order valence-electron chi connectivity index (χ1n) is 6.70. The SMILES string of the molecule is COc1cccc(-n2nnc3c(SC(C)C(=O)O)ncnc32)c1. The van der Waals surface area contributed by atoms with Crippen molar-refractivity contribution >= 4 is 28.9 Å². The van der Waals surface area contributed by atoms with E-state index >= 15 is 0 Å². The molecule has 9 heteroatoms. The highest BCUT2D eigenvalue weighted by Crippen LogP contribution is 2.27. The van der Waals surface area contributed by atoms with E-state index in [-0.39, 0.29) is 0 Å². The van der Waals surface area contributed by atoms with Gasteiger partial charge in [-0.1, -0.05) is 23.0 Å². The monoisotopic (exact) mass is 331 g/mol. The van der Waals surface area contributed by atoms with Crippen molar-refractivity contribution in [2.24, 2.45) is 0 Å². The number of carboxylic acids is 1. The Labute approximate surface area is 135 Å². The van der Waals surface area contributed by atoms with Crippen molar-refractivity contribution in [2.75, 3.05) is 7.11 Å². The fraction of sp³-hybridized carbons (Fsp3) is 0.214. The zero-order chi connectivity index (χ0) is 16.4. The Morgan fingerprint density at radius 3 is 2.96 bits per heavy atom. The van der Waals surface area contributed by atoms with Crippen LogP contribution < -0.4 is 4.74 Å². The van der Waals surface area contributed by atoms with Gasteiger partial charge in [-0.3, -0.25) is 4.79 Å². The number of benzene rings is 1. The Morgan fingerprint density at radius 1 is 1.39 bits per heavy atom. The summed E-state index contributed by atoms with van der Waals surface area (Å²) in [6.45, 7) is 1.59. The van der Waals surface area contributed by atoms with E-state index in [0.717, 1.165) is 17.4 Å². The van der Waals surface area contributed by atoms with Crippen LogP contribution in [0.2, 0.25) is 0 Å². The van der Waals surface area contributed by atoms with E-state index in [1.165, 1.54) is 6.33 Å². The lowest BCUT2D eigenvalue weighted by molar-refractivity contribution is -0.136. The van der Waals surface area contributed by atoms with Crippen molar-refractivity contribution in [3.8, 4) is 11.4 Å². The number of methoxy groups -OCH3 is 1. The number of aromatic nitrogens is 5. The van der Waals surface area contributed by atoms with Crippen LogP contribution >= 0.6 is 11.8 Å². The van der Waals surface area contributed by atoms with Crippen LogP contribution in [-0.4, -0.2) is 48.4 Å². The number of hydrogen-bond acceptors (Lipinski definition) is 7. The van der Waals surface area contributed by atoms with Crippen molar-refractivity contribution in [2.45, 2.75) is 17.2 Å². The first-order valence-corrected chi connectivity index (χ1v) is 7.58. The second kappa shape index (κ2) is 6.21. The molecule has 3 rings (SSSR count). The Morgan fingerprint density at radius 2 is 2.22 bits per heavy atom. The standard InChI is InChI=1S/C14H13N5O3S/c1-8(14(20)21)23-13-11-12(15-7-16-13)19(18-17-11)9-4-3-5-10(6-9)22-2/h3-8H,1-2H3,(H,20,21). The lowest BCUT2D eigenvalue weighted by Gasteiger charge is -2.06. The molecule has 0 saturated heterocycles. The van der Waals surface area contributed by atoms with Gasteiger partial charge in [-0.2, -0.15) is 4.68 Å². The Kier molecular flexibility index (Phi) is 4.11. The van der Waals surface area contributed by atoms with Gasteiger partial charge in [0.25, 0.3) is 0 Å². The quantitative estimate of drug-likeness (QED) is 0.557. The van der Waals surface area contributed by atoms with Gasteiger partial charge in [0.05, 0.1) is 12.8 Å². The normalized spacial score (nSPS) is 12.3. The summed E-state index contributed by atoms with van der Waals surface area (Å²) in [7, 11) is 1.59. The predicted octanol–water partition coefficient (Wildman–Crippen LogP) is 1.78. The van der Waals surface area contributed by atoms with Crippen molar-refractivity contribution in [3.63, 3.8) is 0 Å². The van der Waals surface area contributed by atoms with E-state index in [1.54, 1.807) is 18.7 Å². The summed E-state index contributed by atoms with van der Waals surface area (Å²) in [6.07, 6.45) is 1.37. The second-order valence-electron chi connectivity index (χ2n) is 4.65. The van der Waals surface area contributed by atoms with E-state index in [1.807, 2.05) is 24.3 Å². The molecule has 0 aliphatic rings. The third kappa shape index (κ3) is 2.95. The number of fused-ring (bicyclic) bond motifs is 1. The van der Waals surface area contributed by atoms with Gasteiger partial charge in [0, 0.05) is 6.07 Å². The van der Waals surface area contributed by atoms with Gasteiger partial charge in [-0.25, -0.2) is 9.97 Å². The number of thioether (sulfide) groups is 1. The van der Waals surface area contributed by atoms with Gasteiger partial charge in [-0.05, 0) is 19.1 Å². The molecule has 0 aliphatic heterocycles. The fourth-order valence-corrected chi connectivity index (χ4v) is 2.74. The zero-order valence-electron chi connectivity index (χ0n) is 12.4. The molecule has 1 aromatic carbocycles. The number of rotatable bonds is 5. The Balaban J connectivity index is 2.06. The van der Waals surface area contributed by atoms with E-state index in [9.17, 15) is 4.79 Å². The van der Waals surface area contributed by atoms with E-state index in [4.69, 9.17) is 9.84 Å². The Hall–Kier alpha value is -2.68. The smallest absolute Gasteiger partial charge is 0.316 e. The van der Waals surface area contributed by atoms with Crippen LogP contribution in [0.3, 0.4) is 0 Å². The molecule has 118 valence electrons. The van der Waals surface area contributed by atoms with Crippen LogP contribution in [0.15, 0.2) is 35.6 Å². The molecule has 23 heavy (non-hydrogen) atoms. The lowest BCUT2D eigenvalue weighted by atomic mass is 10.3. The predicted molar refractivity (Wildman–Crippen MR) is 84.0 cm³/mol. The molecule has 2 heterocycles.